The monoisotopic (exact) mass is 283 g/mol. The first-order valence-corrected chi connectivity index (χ1v) is 7.59. The summed E-state index contributed by atoms with van der Waals surface area (Å²) in [7, 11) is 0. The highest BCUT2D eigenvalue weighted by Gasteiger charge is 2.04. The van der Waals surface area contributed by atoms with Gasteiger partial charge in [0, 0.05) is 39.3 Å². The molecule has 0 aliphatic heterocycles. The lowest BCUT2D eigenvalue weighted by molar-refractivity contribution is 0.272. The largest absolute Gasteiger partial charge is 0.329 e. The first-order valence-electron chi connectivity index (χ1n) is 7.59. The van der Waals surface area contributed by atoms with E-state index < -0.39 is 0 Å². The van der Waals surface area contributed by atoms with Gasteiger partial charge in [0.1, 0.15) is 0 Å². The predicted molar refractivity (Wildman–Crippen MR) is 88.9 cm³/mol. The Kier molecular flexibility index (Phi) is 6.95. The van der Waals surface area contributed by atoms with Gasteiger partial charge in [-0.1, -0.05) is 60.7 Å². The van der Waals surface area contributed by atoms with Crippen molar-refractivity contribution in [2.24, 2.45) is 5.73 Å². The predicted octanol–water partition coefficient (Wildman–Crippen LogP) is 2.24. The Morgan fingerprint density at radius 2 is 1.43 bits per heavy atom. The first-order chi connectivity index (χ1) is 10.4. The number of rotatable bonds is 9. The minimum atomic E-state index is 0.700. The van der Waals surface area contributed by atoms with E-state index in [1.54, 1.807) is 0 Å². The summed E-state index contributed by atoms with van der Waals surface area (Å²) < 4.78 is 0. The Morgan fingerprint density at radius 1 is 0.810 bits per heavy atom. The molecule has 0 amide bonds. The van der Waals surface area contributed by atoms with Crippen LogP contribution in [0.15, 0.2) is 60.7 Å². The lowest BCUT2D eigenvalue weighted by Gasteiger charge is -2.22. The third-order valence-electron chi connectivity index (χ3n) is 3.47. The van der Waals surface area contributed by atoms with Crippen LogP contribution in [-0.2, 0) is 13.1 Å². The molecular weight excluding hydrogens is 258 g/mol. The first kappa shape index (κ1) is 15.7. The maximum atomic E-state index is 5.72. The van der Waals surface area contributed by atoms with E-state index in [9.17, 15) is 0 Å². The van der Waals surface area contributed by atoms with Crippen molar-refractivity contribution in [2.75, 3.05) is 26.2 Å². The van der Waals surface area contributed by atoms with Gasteiger partial charge in [-0.2, -0.15) is 0 Å². The van der Waals surface area contributed by atoms with Crippen molar-refractivity contribution in [3.8, 4) is 0 Å². The molecule has 112 valence electrons. The van der Waals surface area contributed by atoms with Gasteiger partial charge in [0.25, 0.3) is 0 Å². The number of nitrogens with one attached hydrogen (secondary N) is 1. The maximum absolute atomic E-state index is 5.72. The van der Waals surface area contributed by atoms with Crippen LogP contribution in [0.4, 0.5) is 0 Å². The molecular formula is C18H25N3. The third kappa shape index (κ3) is 6.08. The zero-order chi connectivity index (χ0) is 14.8. The summed E-state index contributed by atoms with van der Waals surface area (Å²) in [5, 5.41) is 3.49. The number of nitrogens with zero attached hydrogens (tertiary/aromatic N) is 1. The van der Waals surface area contributed by atoms with Crippen LogP contribution in [0.25, 0.3) is 0 Å². The number of nitrogens with two attached hydrogens (primary N) is 1. The van der Waals surface area contributed by atoms with Gasteiger partial charge in [0.15, 0.2) is 0 Å². The van der Waals surface area contributed by atoms with Crippen molar-refractivity contribution >= 4 is 0 Å². The van der Waals surface area contributed by atoms with E-state index in [2.05, 4.69) is 64.8 Å². The molecule has 0 spiro atoms. The summed E-state index contributed by atoms with van der Waals surface area (Å²) in [6, 6.07) is 21.1. The summed E-state index contributed by atoms with van der Waals surface area (Å²) in [5.74, 6) is 0. The molecule has 0 aliphatic carbocycles. The van der Waals surface area contributed by atoms with E-state index in [-0.39, 0.29) is 0 Å². The molecule has 0 unspecified atom stereocenters. The van der Waals surface area contributed by atoms with E-state index in [0.29, 0.717) is 6.54 Å². The van der Waals surface area contributed by atoms with E-state index in [4.69, 9.17) is 5.73 Å². The zero-order valence-electron chi connectivity index (χ0n) is 12.5. The number of benzene rings is 2. The van der Waals surface area contributed by atoms with E-state index in [1.165, 1.54) is 11.1 Å². The average Bonchev–Trinajstić information content (AvgIpc) is 2.54. The molecule has 21 heavy (non-hydrogen) atoms. The second kappa shape index (κ2) is 9.29. The molecule has 3 nitrogen and oxygen atoms in total. The molecule has 2 aromatic rings. The summed E-state index contributed by atoms with van der Waals surface area (Å²) in [4.78, 5) is 2.40. The zero-order valence-corrected chi connectivity index (χ0v) is 12.5. The van der Waals surface area contributed by atoms with Crippen LogP contribution in [0, 0.1) is 0 Å². The standard InChI is InChI=1S/C18H25N3/c19-11-13-21(16-18-9-5-2-6-10-18)14-12-20-15-17-7-3-1-4-8-17/h1-10,20H,11-16,19H2. The third-order valence-corrected chi connectivity index (χ3v) is 3.47. The topological polar surface area (TPSA) is 41.3 Å². The van der Waals surface area contributed by atoms with E-state index >= 15 is 0 Å². The fourth-order valence-electron chi connectivity index (χ4n) is 2.36. The minimum absolute atomic E-state index is 0.700. The average molecular weight is 283 g/mol. The smallest absolute Gasteiger partial charge is 0.0234 e. The summed E-state index contributed by atoms with van der Waals surface area (Å²) in [5.41, 5.74) is 8.38. The number of hydrogen-bond donors (Lipinski definition) is 2. The number of hydrogen-bond acceptors (Lipinski definition) is 3. The molecule has 2 rings (SSSR count). The Labute approximate surface area is 127 Å². The highest BCUT2D eigenvalue weighted by Crippen LogP contribution is 2.03. The fraction of sp³-hybridized carbons (Fsp3) is 0.333. The lowest BCUT2D eigenvalue weighted by atomic mass is 10.2. The van der Waals surface area contributed by atoms with Crippen molar-refractivity contribution < 1.29 is 0 Å². The molecule has 0 heterocycles. The van der Waals surface area contributed by atoms with Crippen LogP contribution in [0.3, 0.4) is 0 Å². The fourth-order valence-corrected chi connectivity index (χ4v) is 2.36. The van der Waals surface area contributed by atoms with Crippen LogP contribution >= 0.6 is 0 Å². The normalized spacial score (nSPS) is 11.0. The molecule has 0 fully saturated rings. The molecule has 0 bridgehead atoms. The Morgan fingerprint density at radius 3 is 2.05 bits per heavy atom. The van der Waals surface area contributed by atoms with Crippen LogP contribution in [0.1, 0.15) is 11.1 Å². The van der Waals surface area contributed by atoms with Crippen LogP contribution in [-0.4, -0.2) is 31.1 Å². The van der Waals surface area contributed by atoms with Crippen molar-refractivity contribution in [3.05, 3.63) is 71.8 Å². The van der Waals surface area contributed by atoms with Gasteiger partial charge in [-0.25, -0.2) is 0 Å². The van der Waals surface area contributed by atoms with Gasteiger partial charge in [-0.05, 0) is 11.1 Å². The molecule has 0 atom stereocenters. The van der Waals surface area contributed by atoms with Gasteiger partial charge in [-0.15, -0.1) is 0 Å². The molecule has 2 aromatic carbocycles. The second-order valence-corrected chi connectivity index (χ2v) is 5.21. The van der Waals surface area contributed by atoms with Crippen LogP contribution in [0.2, 0.25) is 0 Å². The molecule has 0 saturated heterocycles. The summed E-state index contributed by atoms with van der Waals surface area (Å²) in [6.45, 7) is 5.50. The second-order valence-electron chi connectivity index (χ2n) is 5.21. The lowest BCUT2D eigenvalue weighted by Crippen LogP contribution is -2.35. The minimum Gasteiger partial charge on any atom is -0.329 e. The van der Waals surface area contributed by atoms with Crippen LogP contribution < -0.4 is 11.1 Å². The molecule has 0 saturated carbocycles. The summed E-state index contributed by atoms with van der Waals surface area (Å²) >= 11 is 0. The molecule has 0 aliphatic rings. The van der Waals surface area contributed by atoms with Crippen molar-refractivity contribution in [3.63, 3.8) is 0 Å². The molecule has 3 N–H and O–H groups in total. The van der Waals surface area contributed by atoms with E-state index in [0.717, 1.165) is 32.7 Å². The Bertz CT molecular complexity index is 484. The summed E-state index contributed by atoms with van der Waals surface area (Å²) in [6.07, 6.45) is 0. The molecule has 0 aromatic heterocycles. The van der Waals surface area contributed by atoms with Crippen molar-refractivity contribution in [1.82, 2.24) is 10.2 Å². The van der Waals surface area contributed by atoms with Crippen LogP contribution in [0.5, 0.6) is 0 Å². The van der Waals surface area contributed by atoms with E-state index in [1.807, 2.05) is 6.07 Å². The SMILES string of the molecule is NCCN(CCNCc1ccccc1)Cc1ccccc1. The highest BCUT2D eigenvalue weighted by atomic mass is 15.1. The van der Waals surface area contributed by atoms with Crippen molar-refractivity contribution in [2.45, 2.75) is 13.1 Å². The Hall–Kier alpha value is -1.68. The van der Waals surface area contributed by atoms with Gasteiger partial charge >= 0.3 is 0 Å². The quantitative estimate of drug-likeness (QED) is 0.694. The van der Waals surface area contributed by atoms with Gasteiger partial charge < -0.3 is 11.1 Å². The van der Waals surface area contributed by atoms with Gasteiger partial charge in [0.2, 0.25) is 0 Å². The highest BCUT2D eigenvalue weighted by molar-refractivity contribution is 5.15. The van der Waals surface area contributed by atoms with Gasteiger partial charge in [0.05, 0.1) is 0 Å². The Balaban J connectivity index is 1.72. The molecule has 0 radical (unpaired) electrons. The van der Waals surface area contributed by atoms with Crippen molar-refractivity contribution in [1.29, 1.82) is 0 Å². The maximum Gasteiger partial charge on any atom is 0.0234 e. The van der Waals surface area contributed by atoms with Gasteiger partial charge in [-0.3, -0.25) is 4.90 Å². The molecule has 3 heteroatoms.